The van der Waals surface area contributed by atoms with E-state index in [9.17, 15) is 4.79 Å². The number of carbonyl (C=O) groups excluding carboxylic acids is 1. The summed E-state index contributed by atoms with van der Waals surface area (Å²) in [5.74, 6) is 1.38. The highest BCUT2D eigenvalue weighted by Crippen LogP contribution is 2.23. The van der Waals surface area contributed by atoms with Gasteiger partial charge < -0.3 is 9.84 Å². The molecule has 1 N–H and O–H groups in total. The third kappa shape index (κ3) is 4.94. The molecule has 0 atom stereocenters. The van der Waals surface area contributed by atoms with E-state index in [4.69, 9.17) is 4.52 Å². The average Bonchev–Trinajstić information content (AvgIpc) is 3.16. The zero-order chi connectivity index (χ0) is 21.1. The summed E-state index contributed by atoms with van der Waals surface area (Å²) in [6.07, 6.45) is 1.66. The fourth-order valence-electron chi connectivity index (χ4n) is 3.97. The summed E-state index contributed by atoms with van der Waals surface area (Å²) >= 11 is 0. The summed E-state index contributed by atoms with van der Waals surface area (Å²) in [4.78, 5) is 19.5. The molecule has 30 heavy (non-hydrogen) atoms. The second-order valence-electron chi connectivity index (χ2n) is 8.29. The molecule has 156 valence electrons. The third-order valence-electron chi connectivity index (χ3n) is 5.58. The first-order valence-corrected chi connectivity index (χ1v) is 10.5. The Kier molecular flexibility index (Phi) is 5.95. The summed E-state index contributed by atoms with van der Waals surface area (Å²) in [7, 11) is 0. The largest absolute Gasteiger partial charge is 0.338 e. The molecule has 1 aliphatic rings. The Bertz CT molecular complexity index is 998. The van der Waals surface area contributed by atoms with Crippen molar-refractivity contribution in [3.63, 3.8) is 0 Å². The van der Waals surface area contributed by atoms with Crippen LogP contribution in [-0.4, -0.2) is 34.0 Å². The van der Waals surface area contributed by atoms with Gasteiger partial charge >= 0.3 is 0 Å². The lowest BCUT2D eigenvalue weighted by Gasteiger charge is -2.30. The van der Waals surface area contributed by atoms with Gasteiger partial charge in [0.15, 0.2) is 0 Å². The first-order valence-electron chi connectivity index (χ1n) is 10.5. The van der Waals surface area contributed by atoms with Crippen molar-refractivity contribution in [1.82, 2.24) is 15.0 Å². The minimum Gasteiger partial charge on any atom is -0.338 e. The van der Waals surface area contributed by atoms with E-state index in [1.54, 1.807) is 0 Å². The maximum atomic E-state index is 12.7. The van der Waals surface area contributed by atoms with Crippen LogP contribution in [0.15, 0.2) is 47.0 Å². The van der Waals surface area contributed by atoms with Crippen LogP contribution in [0.25, 0.3) is 11.4 Å². The van der Waals surface area contributed by atoms with Crippen LogP contribution in [0.2, 0.25) is 0 Å². The molecule has 1 aliphatic heterocycles. The summed E-state index contributed by atoms with van der Waals surface area (Å²) < 4.78 is 5.45. The Morgan fingerprint density at radius 2 is 1.70 bits per heavy atom. The smallest absolute Gasteiger partial charge is 0.241 e. The SMILES string of the molecule is Cc1ccc(-c2noc(CN3CCC(C(=O)Nc4cc(C)cc(C)c4)CC3)n2)cc1. The van der Waals surface area contributed by atoms with Gasteiger partial charge in [-0.3, -0.25) is 9.69 Å². The number of rotatable bonds is 5. The van der Waals surface area contributed by atoms with E-state index in [1.165, 1.54) is 5.56 Å². The van der Waals surface area contributed by atoms with Crippen LogP contribution in [0.1, 0.15) is 35.4 Å². The lowest BCUT2D eigenvalue weighted by atomic mass is 9.95. The van der Waals surface area contributed by atoms with Gasteiger partial charge in [-0.15, -0.1) is 0 Å². The minimum atomic E-state index is 0.0351. The van der Waals surface area contributed by atoms with E-state index >= 15 is 0 Å². The second-order valence-corrected chi connectivity index (χ2v) is 8.29. The fraction of sp³-hybridized carbons (Fsp3) is 0.375. The number of likely N-dealkylation sites (tertiary alicyclic amines) is 1. The molecule has 2 aromatic carbocycles. The lowest BCUT2D eigenvalue weighted by Crippen LogP contribution is -2.37. The van der Waals surface area contributed by atoms with Crippen molar-refractivity contribution < 1.29 is 9.32 Å². The molecule has 0 radical (unpaired) electrons. The highest BCUT2D eigenvalue weighted by atomic mass is 16.5. The molecular formula is C24H28N4O2. The van der Waals surface area contributed by atoms with Crippen LogP contribution in [0.4, 0.5) is 5.69 Å². The Morgan fingerprint density at radius 1 is 1.03 bits per heavy atom. The summed E-state index contributed by atoms with van der Waals surface area (Å²) in [5, 5.41) is 7.19. The van der Waals surface area contributed by atoms with Crippen molar-refractivity contribution in [3.8, 4) is 11.4 Å². The molecule has 6 nitrogen and oxygen atoms in total. The minimum absolute atomic E-state index is 0.0351. The van der Waals surface area contributed by atoms with Gasteiger partial charge in [-0.1, -0.05) is 41.1 Å². The van der Waals surface area contributed by atoms with Crippen LogP contribution in [-0.2, 0) is 11.3 Å². The van der Waals surface area contributed by atoms with Crippen molar-refractivity contribution in [2.75, 3.05) is 18.4 Å². The standard InChI is InChI=1S/C24H28N4O2/c1-16-4-6-19(7-5-16)23-26-22(30-27-23)15-28-10-8-20(9-11-28)24(29)25-21-13-17(2)12-18(3)14-21/h4-7,12-14,20H,8-11,15H2,1-3H3,(H,25,29). The molecule has 1 saturated heterocycles. The fourth-order valence-corrected chi connectivity index (χ4v) is 3.97. The van der Waals surface area contributed by atoms with Crippen LogP contribution < -0.4 is 5.32 Å². The summed E-state index contributed by atoms with van der Waals surface area (Å²) in [6.45, 7) is 8.44. The summed E-state index contributed by atoms with van der Waals surface area (Å²) in [5.41, 5.74) is 5.35. The van der Waals surface area contributed by atoms with E-state index < -0.39 is 0 Å². The predicted molar refractivity (Wildman–Crippen MR) is 117 cm³/mol. The molecule has 0 saturated carbocycles. The zero-order valence-electron chi connectivity index (χ0n) is 17.8. The van der Waals surface area contributed by atoms with E-state index in [-0.39, 0.29) is 11.8 Å². The maximum Gasteiger partial charge on any atom is 0.241 e. The highest BCUT2D eigenvalue weighted by molar-refractivity contribution is 5.92. The molecule has 1 aromatic heterocycles. The number of anilines is 1. The van der Waals surface area contributed by atoms with Gasteiger partial charge in [0.25, 0.3) is 0 Å². The number of amides is 1. The number of nitrogens with zero attached hydrogens (tertiary/aromatic N) is 3. The van der Waals surface area contributed by atoms with Crippen LogP contribution >= 0.6 is 0 Å². The number of aromatic nitrogens is 2. The molecule has 3 aromatic rings. The molecule has 2 heterocycles. The van der Waals surface area contributed by atoms with Gasteiger partial charge in [0.1, 0.15) is 0 Å². The van der Waals surface area contributed by atoms with Crippen molar-refractivity contribution in [2.45, 2.75) is 40.2 Å². The molecule has 4 rings (SSSR count). The molecule has 0 aliphatic carbocycles. The first kappa shape index (κ1) is 20.3. The molecule has 0 spiro atoms. The highest BCUT2D eigenvalue weighted by Gasteiger charge is 2.26. The van der Waals surface area contributed by atoms with Gasteiger partial charge in [0, 0.05) is 17.2 Å². The van der Waals surface area contributed by atoms with Crippen LogP contribution in [0, 0.1) is 26.7 Å². The van der Waals surface area contributed by atoms with Crippen molar-refractivity contribution in [3.05, 3.63) is 65.0 Å². The number of hydrogen-bond donors (Lipinski definition) is 1. The van der Waals surface area contributed by atoms with Crippen molar-refractivity contribution in [2.24, 2.45) is 5.92 Å². The van der Waals surface area contributed by atoms with Crippen LogP contribution in [0.3, 0.4) is 0 Å². The van der Waals surface area contributed by atoms with Gasteiger partial charge in [0.2, 0.25) is 17.6 Å². The topological polar surface area (TPSA) is 71.3 Å². The molecule has 1 fully saturated rings. The number of piperidine rings is 1. The van der Waals surface area contributed by atoms with Gasteiger partial charge in [0.05, 0.1) is 6.54 Å². The average molecular weight is 405 g/mol. The monoisotopic (exact) mass is 404 g/mol. The first-order chi connectivity index (χ1) is 14.5. The second kappa shape index (κ2) is 8.79. The molecular weight excluding hydrogens is 376 g/mol. The number of aryl methyl sites for hydroxylation is 3. The quantitative estimate of drug-likeness (QED) is 0.677. The Morgan fingerprint density at radius 3 is 2.37 bits per heavy atom. The molecule has 0 unspecified atom stereocenters. The van der Waals surface area contributed by atoms with Crippen molar-refractivity contribution >= 4 is 11.6 Å². The molecule has 0 bridgehead atoms. The Hall–Kier alpha value is -2.99. The predicted octanol–water partition coefficient (Wildman–Crippen LogP) is 4.51. The van der Waals surface area contributed by atoms with Crippen molar-refractivity contribution in [1.29, 1.82) is 0 Å². The lowest BCUT2D eigenvalue weighted by molar-refractivity contribution is -0.121. The Labute approximate surface area is 177 Å². The third-order valence-corrected chi connectivity index (χ3v) is 5.58. The van der Waals surface area contributed by atoms with E-state index in [0.29, 0.717) is 18.3 Å². The van der Waals surface area contributed by atoms with Gasteiger partial charge in [-0.2, -0.15) is 4.98 Å². The number of nitrogens with one attached hydrogen (secondary N) is 1. The molecule has 6 heteroatoms. The van der Waals surface area contributed by atoms with E-state index in [2.05, 4.69) is 33.3 Å². The number of carbonyl (C=O) groups is 1. The molecule has 1 amide bonds. The zero-order valence-corrected chi connectivity index (χ0v) is 17.8. The van der Waals surface area contributed by atoms with E-state index in [0.717, 1.165) is 48.3 Å². The van der Waals surface area contributed by atoms with Crippen LogP contribution in [0.5, 0.6) is 0 Å². The van der Waals surface area contributed by atoms with Gasteiger partial charge in [-0.25, -0.2) is 0 Å². The number of benzene rings is 2. The maximum absolute atomic E-state index is 12.7. The summed E-state index contributed by atoms with van der Waals surface area (Å²) in [6, 6.07) is 14.2. The normalized spacial score (nSPS) is 15.3. The Balaban J connectivity index is 1.29. The number of hydrogen-bond acceptors (Lipinski definition) is 5. The van der Waals surface area contributed by atoms with E-state index in [1.807, 2.05) is 50.2 Å². The van der Waals surface area contributed by atoms with Gasteiger partial charge in [-0.05, 0) is 70.0 Å².